The zero-order valence-electron chi connectivity index (χ0n) is 13.9. The van der Waals surface area contributed by atoms with Gasteiger partial charge in [0, 0.05) is 39.6 Å². The van der Waals surface area contributed by atoms with Crippen LogP contribution in [-0.4, -0.2) is 53.7 Å². The van der Waals surface area contributed by atoms with E-state index in [-0.39, 0.29) is 24.0 Å². The van der Waals surface area contributed by atoms with Crippen LogP contribution in [0.15, 0.2) is 27.0 Å². The number of thiophene rings is 1. The van der Waals surface area contributed by atoms with Crippen LogP contribution in [0.1, 0.15) is 18.6 Å². The van der Waals surface area contributed by atoms with Gasteiger partial charge in [-0.1, -0.05) is 5.16 Å². The van der Waals surface area contributed by atoms with Gasteiger partial charge in [0.1, 0.15) is 6.54 Å². The summed E-state index contributed by atoms with van der Waals surface area (Å²) in [7, 11) is 0. The average Bonchev–Trinajstić information content (AvgIpc) is 3.23. The quantitative estimate of drug-likeness (QED) is 0.428. The first-order valence-electron chi connectivity index (χ1n) is 7.87. The number of guanidine groups is 1. The molecular formula is C15H23IN6OS. The first-order valence-corrected chi connectivity index (χ1v) is 8.75. The van der Waals surface area contributed by atoms with E-state index in [0.717, 1.165) is 38.7 Å². The van der Waals surface area contributed by atoms with Crippen molar-refractivity contribution in [1.82, 2.24) is 20.4 Å². The van der Waals surface area contributed by atoms with Crippen LogP contribution >= 0.6 is 35.3 Å². The van der Waals surface area contributed by atoms with E-state index in [2.05, 4.69) is 54.7 Å². The van der Waals surface area contributed by atoms with Gasteiger partial charge in [-0.15, -0.1) is 35.3 Å². The van der Waals surface area contributed by atoms with Crippen LogP contribution < -0.4 is 10.2 Å². The molecule has 9 heteroatoms. The predicted octanol–water partition coefficient (Wildman–Crippen LogP) is 2.35. The van der Waals surface area contributed by atoms with Crippen molar-refractivity contribution < 1.29 is 4.52 Å². The molecule has 0 amide bonds. The predicted molar refractivity (Wildman–Crippen MR) is 107 cm³/mol. The summed E-state index contributed by atoms with van der Waals surface area (Å²) < 4.78 is 4.99. The summed E-state index contributed by atoms with van der Waals surface area (Å²) in [5.41, 5.74) is 0. The lowest BCUT2D eigenvalue weighted by Crippen LogP contribution is -2.52. The molecule has 2 aromatic heterocycles. The number of nitrogens with zero attached hydrogens (tertiary/aromatic N) is 5. The Labute approximate surface area is 163 Å². The molecule has 0 aromatic carbocycles. The van der Waals surface area contributed by atoms with Gasteiger partial charge in [0.15, 0.2) is 11.8 Å². The van der Waals surface area contributed by atoms with Gasteiger partial charge in [0.25, 0.3) is 0 Å². The number of nitrogens with one attached hydrogen (secondary N) is 1. The molecule has 0 unspecified atom stereocenters. The topological polar surface area (TPSA) is 69.8 Å². The van der Waals surface area contributed by atoms with Gasteiger partial charge in [-0.25, -0.2) is 4.99 Å². The van der Waals surface area contributed by atoms with Gasteiger partial charge in [-0.05, 0) is 24.4 Å². The third-order valence-corrected chi connectivity index (χ3v) is 4.60. The van der Waals surface area contributed by atoms with E-state index in [4.69, 9.17) is 4.52 Å². The zero-order chi connectivity index (χ0) is 16.1. The summed E-state index contributed by atoms with van der Waals surface area (Å²) >= 11 is 1.79. The first kappa shape index (κ1) is 19.0. The molecule has 7 nitrogen and oxygen atoms in total. The molecule has 1 aliphatic rings. The van der Waals surface area contributed by atoms with Crippen molar-refractivity contribution in [1.29, 1.82) is 0 Å². The van der Waals surface area contributed by atoms with Gasteiger partial charge in [-0.2, -0.15) is 4.98 Å². The number of halogens is 1. The molecule has 3 heterocycles. The standard InChI is InChI=1S/C15H22N6OS.HI/c1-3-16-15(17-11-13-18-12(2)22-19-13)21-8-6-20(7-9-21)14-5-4-10-23-14;/h4-5,10H,3,6-9,11H2,1-2H3,(H,16,17);1H. The smallest absolute Gasteiger partial charge is 0.223 e. The molecule has 1 saturated heterocycles. The van der Waals surface area contributed by atoms with Crippen molar-refractivity contribution in [3.05, 3.63) is 29.2 Å². The van der Waals surface area contributed by atoms with Crippen molar-refractivity contribution in [2.24, 2.45) is 4.99 Å². The van der Waals surface area contributed by atoms with Gasteiger partial charge in [0.2, 0.25) is 5.89 Å². The number of aliphatic imine (C=N–C) groups is 1. The number of rotatable bonds is 4. The SMILES string of the molecule is CCNC(=NCc1noc(C)n1)N1CCN(c2cccs2)CC1.I. The van der Waals surface area contributed by atoms with Gasteiger partial charge in [-0.3, -0.25) is 0 Å². The van der Waals surface area contributed by atoms with E-state index in [9.17, 15) is 0 Å². The Morgan fingerprint density at radius 3 is 2.75 bits per heavy atom. The molecule has 24 heavy (non-hydrogen) atoms. The summed E-state index contributed by atoms with van der Waals surface area (Å²) in [5, 5.41) is 10.7. The van der Waals surface area contributed by atoms with E-state index in [1.54, 1.807) is 18.3 Å². The minimum atomic E-state index is 0. The molecule has 132 valence electrons. The normalized spacial score (nSPS) is 15.3. The van der Waals surface area contributed by atoms with Crippen LogP contribution in [0.4, 0.5) is 5.00 Å². The van der Waals surface area contributed by atoms with Crippen molar-refractivity contribution in [2.45, 2.75) is 20.4 Å². The summed E-state index contributed by atoms with van der Waals surface area (Å²) in [5.74, 6) is 2.11. The number of anilines is 1. The Bertz CT molecular complexity index is 636. The summed E-state index contributed by atoms with van der Waals surface area (Å²) in [6.45, 7) is 9.06. The van der Waals surface area contributed by atoms with Gasteiger partial charge in [0.05, 0.1) is 5.00 Å². The molecule has 0 bridgehead atoms. The second kappa shape index (κ2) is 9.21. The highest BCUT2D eigenvalue weighted by molar-refractivity contribution is 14.0. The number of aromatic nitrogens is 2. The highest BCUT2D eigenvalue weighted by Crippen LogP contribution is 2.22. The van der Waals surface area contributed by atoms with Crippen LogP contribution in [0.2, 0.25) is 0 Å². The van der Waals surface area contributed by atoms with E-state index in [1.807, 2.05) is 0 Å². The fraction of sp³-hybridized carbons (Fsp3) is 0.533. The van der Waals surface area contributed by atoms with E-state index in [1.165, 1.54) is 5.00 Å². The maximum absolute atomic E-state index is 4.99. The Kier molecular flexibility index (Phi) is 7.28. The highest BCUT2D eigenvalue weighted by Gasteiger charge is 2.20. The molecule has 1 fully saturated rings. The Morgan fingerprint density at radius 1 is 1.38 bits per heavy atom. The van der Waals surface area contributed by atoms with Crippen LogP contribution in [0.5, 0.6) is 0 Å². The van der Waals surface area contributed by atoms with Crippen LogP contribution in [-0.2, 0) is 6.54 Å². The number of piperazine rings is 1. The van der Waals surface area contributed by atoms with Crippen LogP contribution in [0.25, 0.3) is 0 Å². The van der Waals surface area contributed by atoms with Gasteiger partial charge >= 0.3 is 0 Å². The number of aryl methyl sites for hydroxylation is 1. The minimum absolute atomic E-state index is 0. The highest BCUT2D eigenvalue weighted by atomic mass is 127. The fourth-order valence-corrected chi connectivity index (χ4v) is 3.35. The Balaban J connectivity index is 0.00000208. The maximum Gasteiger partial charge on any atom is 0.223 e. The molecule has 0 aliphatic carbocycles. The zero-order valence-corrected chi connectivity index (χ0v) is 17.1. The van der Waals surface area contributed by atoms with Crippen molar-refractivity contribution in [3.8, 4) is 0 Å². The average molecular weight is 462 g/mol. The fourth-order valence-electron chi connectivity index (χ4n) is 2.57. The molecule has 1 aliphatic heterocycles. The number of hydrogen-bond donors (Lipinski definition) is 1. The van der Waals surface area contributed by atoms with Crippen LogP contribution in [0, 0.1) is 6.92 Å². The summed E-state index contributed by atoms with van der Waals surface area (Å²) in [6.07, 6.45) is 0. The molecular weight excluding hydrogens is 439 g/mol. The molecule has 0 atom stereocenters. The molecule has 0 spiro atoms. The van der Waals surface area contributed by atoms with Crippen molar-refractivity contribution >= 4 is 46.3 Å². The lowest BCUT2D eigenvalue weighted by Gasteiger charge is -2.37. The van der Waals surface area contributed by atoms with Crippen LogP contribution in [0.3, 0.4) is 0 Å². The second-order valence-electron chi connectivity index (χ2n) is 5.33. The lowest BCUT2D eigenvalue weighted by molar-refractivity contribution is 0.372. The van der Waals surface area contributed by atoms with Crippen molar-refractivity contribution in [3.63, 3.8) is 0 Å². The van der Waals surface area contributed by atoms with E-state index >= 15 is 0 Å². The minimum Gasteiger partial charge on any atom is -0.360 e. The summed E-state index contributed by atoms with van der Waals surface area (Å²) in [6, 6.07) is 4.28. The van der Waals surface area contributed by atoms with E-state index < -0.39 is 0 Å². The monoisotopic (exact) mass is 462 g/mol. The third kappa shape index (κ3) is 4.82. The lowest BCUT2D eigenvalue weighted by atomic mass is 10.3. The van der Waals surface area contributed by atoms with E-state index in [0.29, 0.717) is 18.3 Å². The molecule has 0 radical (unpaired) electrons. The molecule has 2 aromatic rings. The summed E-state index contributed by atoms with van der Waals surface area (Å²) in [4.78, 5) is 13.6. The molecule has 1 N–H and O–H groups in total. The first-order chi connectivity index (χ1) is 11.3. The third-order valence-electron chi connectivity index (χ3n) is 3.67. The van der Waals surface area contributed by atoms with Crippen molar-refractivity contribution in [2.75, 3.05) is 37.6 Å². The Hall–Kier alpha value is -1.36. The maximum atomic E-state index is 4.99. The molecule has 0 saturated carbocycles. The Morgan fingerprint density at radius 2 is 2.17 bits per heavy atom. The largest absolute Gasteiger partial charge is 0.360 e. The second-order valence-corrected chi connectivity index (χ2v) is 6.25. The number of hydrogen-bond acceptors (Lipinski definition) is 6. The molecule has 3 rings (SSSR count). The van der Waals surface area contributed by atoms with Gasteiger partial charge < -0.3 is 19.6 Å².